The summed E-state index contributed by atoms with van der Waals surface area (Å²) < 4.78 is 29.1. The fraction of sp³-hybridized carbons (Fsp3) is 0.217. The quantitative estimate of drug-likeness (QED) is 0.401. The van der Waals surface area contributed by atoms with E-state index in [9.17, 15) is 9.11 Å². The van der Waals surface area contributed by atoms with Crippen molar-refractivity contribution in [2.24, 2.45) is 0 Å². The Kier molecular flexibility index (Phi) is 5.92. The van der Waals surface area contributed by atoms with Crippen LogP contribution in [0.3, 0.4) is 0 Å². The van der Waals surface area contributed by atoms with Crippen LogP contribution in [0.2, 0.25) is 0 Å². The van der Waals surface area contributed by atoms with Crippen LogP contribution in [-0.4, -0.2) is 59.8 Å². The van der Waals surface area contributed by atoms with Crippen molar-refractivity contribution < 1.29 is 13.5 Å². The van der Waals surface area contributed by atoms with E-state index in [1.54, 1.807) is 22.6 Å². The summed E-state index contributed by atoms with van der Waals surface area (Å²) in [6.45, 7) is 4.48. The number of aromatic nitrogens is 4. The van der Waals surface area contributed by atoms with E-state index < -0.39 is 10.8 Å². The van der Waals surface area contributed by atoms with Gasteiger partial charge in [0.2, 0.25) is 5.89 Å². The predicted molar refractivity (Wildman–Crippen MR) is 126 cm³/mol. The Morgan fingerprint density at radius 1 is 0.909 bits per heavy atom. The SMILES string of the molecule is Cc1ncc(-c2ccc(S(O)(O)N3CCNCC3)cc2)nc1-c1nnc(-c2ccccc2)o1. The molecule has 1 saturated heterocycles. The average Bonchev–Trinajstić information content (AvgIpc) is 3.36. The third-order valence-corrected chi connectivity index (χ3v) is 7.50. The third-order valence-electron chi connectivity index (χ3n) is 5.51. The fourth-order valence-corrected chi connectivity index (χ4v) is 5.15. The third kappa shape index (κ3) is 4.39. The second kappa shape index (κ2) is 9.00. The lowest BCUT2D eigenvalue weighted by Crippen LogP contribution is -2.44. The van der Waals surface area contributed by atoms with Crippen molar-refractivity contribution in [2.45, 2.75) is 11.8 Å². The lowest BCUT2D eigenvalue weighted by molar-refractivity contribution is 0.315. The van der Waals surface area contributed by atoms with Gasteiger partial charge in [0.1, 0.15) is 5.69 Å². The van der Waals surface area contributed by atoms with Crippen LogP contribution in [0.5, 0.6) is 0 Å². The Morgan fingerprint density at radius 2 is 1.61 bits per heavy atom. The van der Waals surface area contributed by atoms with Crippen molar-refractivity contribution in [1.82, 2.24) is 29.8 Å². The molecule has 10 heteroatoms. The zero-order chi connectivity index (χ0) is 22.8. The Hall–Kier alpha value is -3.15. The van der Waals surface area contributed by atoms with Crippen molar-refractivity contribution in [2.75, 3.05) is 26.2 Å². The Morgan fingerprint density at radius 3 is 2.33 bits per heavy atom. The molecule has 0 aliphatic carbocycles. The number of aryl methyl sites for hydroxylation is 1. The summed E-state index contributed by atoms with van der Waals surface area (Å²) in [4.78, 5) is 9.65. The summed E-state index contributed by atoms with van der Waals surface area (Å²) in [5, 5.41) is 11.5. The summed E-state index contributed by atoms with van der Waals surface area (Å²) in [5.74, 6) is 0.713. The van der Waals surface area contributed by atoms with E-state index in [1.807, 2.05) is 49.4 Å². The highest BCUT2D eigenvalue weighted by molar-refractivity contribution is 8.22. The number of nitrogens with one attached hydrogen (secondary N) is 1. The van der Waals surface area contributed by atoms with Crippen LogP contribution in [0.15, 0.2) is 70.1 Å². The van der Waals surface area contributed by atoms with Crippen LogP contribution >= 0.6 is 10.8 Å². The molecule has 170 valence electrons. The highest BCUT2D eigenvalue weighted by Gasteiger charge is 2.26. The van der Waals surface area contributed by atoms with Gasteiger partial charge < -0.3 is 9.73 Å². The molecule has 4 aromatic rings. The molecule has 0 bridgehead atoms. The number of hydrogen-bond donors (Lipinski definition) is 3. The van der Waals surface area contributed by atoms with Crippen LogP contribution in [0.25, 0.3) is 34.3 Å². The molecule has 5 rings (SSSR count). The first-order chi connectivity index (χ1) is 16.0. The van der Waals surface area contributed by atoms with Gasteiger partial charge >= 0.3 is 0 Å². The van der Waals surface area contributed by atoms with Gasteiger partial charge in [-0.15, -0.1) is 21.0 Å². The van der Waals surface area contributed by atoms with Crippen LogP contribution in [-0.2, 0) is 0 Å². The standard InChI is InChI=1S/C23H24N6O3S/c1-16-21(23-28-27-22(32-23)18-5-3-2-4-6-18)26-20(15-25-16)17-7-9-19(10-8-17)33(30,31)29-13-11-24-12-14-29/h2-10,15,24,30-31H,11-14H2,1H3. The number of piperazine rings is 1. The van der Waals surface area contributed by atoms with Crippen LogP contribution in [0.4, 0.5) is 0 Å². The molecule has 1 aliphatic heterocycles. The summed E-state index contributed by atoms with van der Waals surface area (Å²) in [6.07, 6.45) is 1.68. The molecule has 3 N–H and O–H groups in total. The van der Waals surface area contributed by atoms with Crippen molar-refractivity contribution in [3.05, 3.63) is 66.5 Å². The summed E-state index contributed by atoms with van der Waals surface area (Å²) in [6, 6.07) is 16.6. The highest BCUT2D eigenvalue weighted by atomic mass is 32.3. The van der Waals surface area contributed by atoms with Crippen molar-refractivity contribution in [3.63, 3.8) is 0 Å². The Balaban J connectivity index is 1.42. The topological polar surface area (TPSA) is 120 Å². The zero-order valence-electron chi connectivity index (χ0n) is 18.0. The normalized spacial score (nSPS) is 15.5. The number of nitrogens with zero attached hydrogens (tertiary/aromatic N) is 5. The van der Waals surface area contributed by atoms with Gasteiger partial charge in [0.05, 0.1) is 22.5 Å². The average molecular weight is 465 g/mol. The number of rotatable bonds is 5. The minimum Gasteiger partial charge on any atom is -0.415 e. The lowest BCUT2D eigenvalue weighted by atomic mass is 10.1. The first kappa shape index (κ1) is 21.7. The number of benzene rings is 2. The fourth-order valence-electron chi connectivity index (χ4n) is 3.66. The van der Waals surface area contributed by atoms with Crippen LogP contribution in [0, 0.1) is 6.92 Å². The number of hydrogen-bond acceptors (Lipinski definition) is 9. The highest BCUT2D eigenvalue weighted by Crippen LogP contribution is 2.51. The van der Waals surface area contributed by atoms with Gasteiger partial charge in [-0.05, 0) is 31.2 Å². The molecule has 1 aliphatic rings. The molecule has 0 atom stereocenters. The molecular formula is C23H24N6O3S. The van der Waals surface area contributed by atoms with E-state index in [4.69, 9.17) is 9.40 Å². The first-order valence-corrected chi connectivity index (χ1v) is 12.1. The van der Waals surface area contributed by atoms with E-state index in [1.165, 1.54) is 0 Å². The Bertz CT molecular complexity index is 1240. The largest absolute Gasteiger partial charge is 0.415 e. The van der Waals surface area contributed by atoms with Gasteiger partial charge in [-0.2, -0.15) is 4.31 Å². The van der Waals surface area contributed by atoms with Gasteiger partial charge in [-0.3, -0.25) is 14.1 Å². The lowest BCUT2D eigenvalue weighted by Gasteiger charge is -2.44. The van der Waals surface area contributed by atoms with Crippen molar-refractivity contribution in [3.8, 4) is 34.3 Å². The maximum atomic E-state index is 10.8. The first-order valence-electron chi connectivity index (χ1n) is 10.6. The molecule has 0 saturated carbocycles. The minimum absolute atomic E-state index is 0.296. The molecule has 0 unspecified atom stereocenters. The monoisotopic (exact) mass is 464 g/mol. The summed E-state index contributed by atoms with van der Waals surface area (Å²) in [5.41, 5.74) is 3.44. The molecule has 9 nitrogen and oxygen atoms in total. The molecule has 1 fully saturated rings. The van der Waals surface area contributed by atoms with Gasteiger partial charge in [0.15, 0.2) is 0 Å². The predicted octanol–water partition coefficient (Wildman–Crippen LogP) is 4.10. The Labute approximate surface area is 193 Å². The maximum Gasteiger partial charge on any atom is 0.268 e. The van der Waals surface area contributed by atoms with Crippen LogP contribution < -0.4 is 5.32 Å². The van der Waals surface area contributed by atoms with Crippen molar-refractivity contribution >= 4 is 10.8 Å². The van der Waals surface area contributed by atoms with Gasteiger partial charge in [0.25, 0.3) is 5.89 Å². The smallest absolute Gasteiger partial charge is 0.268 e. The second-order valence-corrected chi connectivity index (χ2v) is 9.72. The molecule has 0 amide bonds. The van der Waals surface area contributed by atoms with Gasteiger partial charge in [-0.25, -0.2) is 4.98 Å². The zero-order valence-corrected chi connectivity index (χ0v) is 18.9. The van der Waals surface area contributed by atoms with E-state index >= 15 is 0 Å². The minimum atomic E-state index is -3.02. The summed E-state index contributed by atoms with van der Waals surface area (Å²) in [7, 11) is -3.02. The molecule has 3 heterocycles. The molecule has 0 radical (unpaired) electrons. The van der Waals surface area contributed by atoms with E-state index in [0.717, 1.165) is 24.2 Å². The van der Waals surface area contributed by atoms with Gasteiger partial charge in [0, 0.05) is 37.3 Å². The maximum absolute atomic E-state index is 10.8. The molecule has 2 aromatic carbocycles. The molecular weight excluding hydrogens is 440 g/mol. The van der Waals surface area contributed by atoms with Crippen LogP contribution in [0.1, 0.15) is 5.69 Å². The second-order valence-electron chi connectivity index (χ2n) is 7.69. The molecule has 0 spiro atoms. The van der Waals surface area contributed by atoms with Gasteiger partial charge in [-0.1, -0.05) is 30.3 Å². The van der Waals surface area contributed by atoms with E-state index in [0.29, 0.717) is 46.8 Å². The molecule has 33 heavy (non-hydrogen) atoms. The van der Waals surface area contributed by atoms with E-state index in [2.05, 4.69) is 20.5 Å². The van der Waals surface area contributed by atoms with Crippen molar-refractivity contribution in [1.29, 1.82) is 0 Å². The summed E-state index contributed by atoms with van der Waals surface area (Å²) >= 11 is 0. The molecule has 2 aromatic heterocycles. The van der Waals surface area contributed by atoms with E-state index in [-0.39, 0.29) is 0 Å².